The number of hydrogen-bond donors (Lipinski definition) is 0. The van der Waals surface area contributed by atoms with Crippen molar-refractivity contribution in [3.05, 3.63) is 102 Å². The third-order valence-electron chi connectivity index (χ3n) is 4.60. The summed E-state index contributed by atoms with van der Waals surface area (Å²) < 4.78 is 27.5. The average molecular weight is 363 g/mol. The summed E-state index contributed by atoms with van der Waals surface area (Å²) in [7, 11) is -3.78. The van der Waals surface area contributed by atoms with Gasteiger partial charge in [-0.25, -0.2) is 8.42 Å². The normalized spacial score (nSPS) is 21.0. The predicted octanol–water partition coefficient (Wildman–Crippen LogP) is 3.83. The summed E-state index contributed by atoms with van der Waals surface area (Å²) in [6.07, 6.45) is 0. The molecule has 0 amide bonds. The number of benzene rings is 3. The minimum Gasteiger partial charge on any atom is -0.293 e. The molecule has 0 aromatic heterocycles. The first kappa shape index (κ1) is 16.5. The van der Waals surface area contributed by atoms with E-state index in [2.05, 4.69) is 0 Å². The van der Waals surface area contributed by atoms with Crippen LogP contribution in [0.3, 0.4) is 0 Å². The number of carbonyl (C=O) groups excluding carboxylic acids is 1. The van der Waals surface area contributed by atoms with E-state index in [9.17, 15) is 13.2 Å². The van der Waals surface area contributed by atoms with Crippen LogP contribution in [0.4, 0.5) is 5.69 Å². The zero-order chi connectivity index (χ0) is 18.1. The Hall–Kier alpha value is -2.92. The summed E-state index contributed by atoms with van der Waals surface area (Å²) in [6, 6.07) is 26.3. The van der Waals surface area contributed by atoms with E-state index in [1.165, 1.54) is 4.31 Å². The smallest absolute Gasteiger partial charge is 0.248 e. The highest BCUT2D eigenvalue weighted by molar-refractivity contribution is 7.95. The SMILES string of the molecule is O=C(c1ccccc1)[C@@H]1[C@@H](c2ccccc2)N(c2ccccc2)S1(=O)=O. The van der Waals surface area contributed by atoms with Gasteiger partial charge in [-0.05, 0) is 17.7 Å². The van der Waals surface area contributed by atoms with Crippen LogP contribution < -0.4 is 4.31 Å². The van der Waals surface area contributed by atoms with Gasteiger partial charge in [0.25, 0.3) is 0 Å². The lowest BCUT2D eigenvalue weighted by molar-refractivity contribution is 0.0971. The van der Waals surface area contributed by atoms with Crippen LogP contribution in [0.25, 0.3) is 0 Å². The average Bonchev–Trinajstić information content (AvgIpc) is 2.68. The molecule has 1 saturated heterocycles. The quantitative estimate of drug-likeness (QED) is 0.662. The molecule has 1 heterocycles. The number of rotatable bonds is 4. The Labute approximate surface area is 152 Å². The second-order valence-corrected chi connectivity index (χ2v) is 8.11. The van der Waals surface area contributed by atoms with E-state index in [0.717, 1.165) is 5.56 Å². The molecular formula is C21H17NO3S. The molecule has 0 spiro atoms. The Kier molecular flexibility index (Phi) is 4.09. The van der Waals surface area contributed by atoms with E-state index in [1.807, 2.05) is 36.4 Å². The number of anilines is 1. The van der Waals surface area contributed by atoms with Gasteiger partial charge in [-0.15, -0.1) is 0 Å². The zero-order valence-corrected chi connectivity index (χ0v) is 14.7. The third kappa shape index (κ3) is 2.61. The molecule has 3 aromatic rings. The molecule has 0 N–H and O–H groups in total. The predicted molar refractivity (Wildman–Crippen MR) is 102 cm³/mol. The molecule has 0 unspecified atom stereocenters. The summed E-state index contributed by atoms with van der Waals surface area (Å²) in [4.78, 5) is 13.0. The standard InChI is InChI=1S/C21H17NO3S/c23-20(17-12-6-2-7-13-17)21-19(16-10-4-1-5-11-16)22(26(21,24)25)18-14-8-3-9-15-18/h1-15,19,21H/t19-,21+/m1/s1. The monoisotopic (exact) mass is 363 g/mol. The molecule has 1 fully saturated rings. The molecule has 0 saturated carbocycles. The van der Waals surface area contributed by atoms with E-state index >= 15 is 0 Å². The molecule has 26 heavy (non-hydrogen) atoms. The van der Waals surface area contributed by atoms with Crippen molar-refractivity contribution in [1.29, 1.82) is 0 Å². The van der Waals surface area contributed by atoms with Gasteiger partial charge in [0.15, 0.2) is 11.0 Å². The summed E-state index contributed by atoms with van der Waals surface area (Å²) in [5.74, 6) is -0.369. The van der Waals surface area contributed by atoms with Gasteiger partial charge in [0, 0.05) is 5.56 Å². The molecule has 2 atom stereocenters. The van der Waals surface area contributed by atoms with Crippen LogP contribution in [-0.2, 0) is 10.0 Å². The van der Waals surface area contributed by atoms with Crippen LogP contribution in [0.15, 0.2) is 91.0 Å². The van der Waals surface area contributed by atoms with Gasteiger partial charge >= 0.3 is 0 Å². The number of carbonyl (C=O) groups is 1. The van der Waals surface area contributed by atoms with Crippen LogP contribution in [-0.4, -0.2) is 19.5 Å². The lowest BCUT2D eigenvalue weighted by Crippen LogP contribution is -2.61. The highest BCUT2D eigenvalue weighted by Crippen LogP contribution is 2.46. The lowest BCUT2D eigenvalue weighted by atomic mass is 9.96. The van der Waals surface area contributed by atoms with E-state index < -0.39 is 21.3 Å². The summed E-state index contributed by atoms with van der Waals surface area (Å²) >= 11 is 0. The zero-order valence-electron chi connectivity index (χ0n) is 13.9. The molecular weight excluding hydrogens is 346 g/mol. The van der Waals surface area contributed by atoms with Crippen molar-refractivity contribution in [2.24, 2.45) is 0 Å². The molecule has 1 aliphatic rings. The first-order chi connectivity index (χ1) is 12.6. The highest BCUT2D eigenvalue weighted by atomic mass is 32.2. The maximum atomic E-state index is 13.1. The third-order valence-corrected chi connectivity index (χ3v) is 6.70. The van der Waals surface area contributed by atoms with Gasteiger partial charge in [0.2, 0.25) is 10.0 Å². The van der Waals surface area contributed by atoms with Crippen LogP contribution in [0.5, 0.6) is 0 Å². The maximum Gasteiger partial charge on any atom is 0.248 e. The largest absolute Gasteiger partial charge is 0.293 e. The van der Waals surface area contributed by atoms with Crippen molar-refractivity contribution in [3.8, 4) is 0 Å². The lowest BCUT2D eigenvalue weighted by Gasteiger charge is -2.47. The Balaban J connectivity index is 1.82. The van der Waals surface area contributed by atoms with Crippen molar-refractivity contribution < 1.29 is 13.2 Å². The number of ketones is 1. The molecule has 0 bridgehead atoms. The van der Waals surface area contributed by atoms with Crippen molar-refractivity contribution in [2.75, 3.05) is 4.31 Å². The van der Waals surface area contributed by atoms with Crippen LogP contribution in [0.2, 0.25) is 0 Å². The van der Waals surface area contributed by atoms with Crippen molar-refractivity contribution in [1.82, 2.24) is 0 Å². The van der Waals surface area contributed by atoms with Gasteiger partial charge in [-0.3, -0.25) is 9.10 Å². The first-order valence-electron chi connectivity index (χ1n) is 8.33. The Bertz CT molecular complexity index is 1020. The maximum absolute atomic E-state index is 13.1. The first-order valence-corrected chi connectivity index (χ1v) is 9.83. The fourth-order valence-corrected chi connectivity index (χ4v) is 5.43. The number of para-hydroxylation sites is 1. The fourth-order valence-electron chi connectivity index (χ4n) is 3.39. The van der Waals surface area contributed by atoms with E-state index in [1.54, 1.807) is 54.6 Å². The Morgan fingerprint density at radius 1 is 0.731 bits per heavy atom. The molecule has 0 radical (unpaired) electrons. The van der Waals surface area contributed by atoms with Gasteiger partial charge in [0.1, 0.15) is 0 Å². The number of Topliss-reactive ketones (excluding diaryl/α,β-unsaturated/α-hetero) is 1. The highest BCUT2D eigenvalue weighted by Gasteiger charge is 2.58. The second-order valence-electron chi connectivity index (χ2n) is 6.18. The molecule has 5 heteroatoms. The number of sulfonamides is 1. The van der Waals surface area contributed by atoms with Crippen molar-refractivity contribution in [3.63, 3.8) is 0 Å². The van der Waals surface area contributed by atoms with E-state index in [0.29, 0.717) is 11.3 Å². The number of nitrogens with zero attached hydrogens (tertiary/aromatic N) is 1. The van der Waals surface area contributed by atoms with Crippen LogP contribution in [0.1, 0.15) is 22.0 Å². The van der Waals surface area contributed by atoms with Crippen molar-refractivity contribution in [2.45, 2.75) is 11.3 Å². The van der Waals surface area contributed by atoms with Gasteiger partial charge < -0.3 is 0 Å². The fraction of sp³-hybridized carbons (Fsp3) is 0.0952. The molecule has 3 aromatic carbocycles. The minimum atomic E-state index is -3.78. The van der Waals surface area contributed by atoms with Gasteiger partial charge in [0.05, 0.1) is 11.7 Å². The summed E-state index contributed by atoms with van der Waals surface area (Å²) in [6.45, 7) is 0. The van der Waals surface area contributed by atoms with Crippen LogP contribution >= 0.6 is 0 Å². The van der Waals surface area contributed by atoms with E-state index in [-0.39, 0.29) is 5.78 Å². The minimum absolute atomic E-state index is 0.369. The topological polar surface area (TPSA) is 54.5 Å². The van der Waals surface area contributed by atoms with Gasteiger partial charge in [-0.1, -0.05) is 78.9 Å². The molecule has 4 nitrogen and oxygen atoms in total. The number of hydrogen-bond acceptors (Lipinski definition) is 3. The summed E-state index contributed by atoms with van der Waals surface area (Å²) in [5.41, 5.74) is 1.79. The Morgan fingerprint density at radius 2 is 1.23 bits per heavy atom. The van der Waals surface area contributed by atoms with Crippen molar-refractivity contribution >= 4 is 21.5 Å². The summed E-state index contributed by atoms with van der Waals surface area (Å²) in [5, 5.41) is -1.12. The Morgan fingerprint density at radius 3 is 1.81 bits per heavy atom. The second kappa shape index (κ2) is 6.42. The molecule has 1 aliphatic heterocycles. The van der Waals surface area contributed by atoms with Crippen LogP contribution in [0, 0.1) is 0 Å². The van der Waals surface area contributed by atoms with E-state index in [4.69, 9.17) is 0 Å². The molecule has 0 aliphatic carbocycles. The molecule has 130 valence electrons. The van der Waals surface area contributed by atoms with Gasteiger partial charge in [-0.2, -0.15) is 0 Å². The molecule has 4 rings (SSSR count).